The minimum absolute atomic E-state index is 0.0227. The van der Waals surface area contributed by atoms with E-state index in [-0.39, 0.29) is 6.04 Å². The van der Waals surface area contributed by atoms with Crippen molar-refractivity contribution in [2.45, 2.75) is 32.9 Å². The second-order valence-corrected chi connectivity index (χ2v) is 4.72. The SMILES string of the molecule is COc1cccc2cc(C(C)N)n(C(C)C)c12. The molecule has 0 radical (unpaired) electrons. The average Bonchev–Trinajstić information content (AvgIpc) is 2.67. The van der Waals surface area contributed by atoms with Gasteiger partial charge in [0.05, 0.1) is 12.6 Å². The summed E-state index contributed by atoms with van der Waals surface area (Å²) in [5.41, 5.74) is 8.33. The molecule has 1 aromatic heterocycles. The van der Waals surface area contributed by atoms with E-state index in [9.17, 15) is 0 Å². The van der Waals surface area contributed by atoms with Crippen LogP contribution in [-0.2, 0) is 0 Å². The topological polar surface area (TPSA) is 40.2 Å². The van der Waals surface area contributed by atoms with Gasteiger partial charge in [-0.15, -0.1) is 0 Å². The Morgan fingerprint density at radius 3 is 2.47 bits per heavy atom. The fourth-order valence-electron chi connectivity index (χ4n) is 2.34. The van der Waals surface area contributed by atoms with Crippen molar-refractivity contribution in [1.82, 2.24) is 4.57 Å². The molecule has 3 nitrogen and oxygen atoms in total. The zero-order valence-electron chi connectivity index (χ0n) is 10.9. The monoisotopic (exact) mass is 232 g/mol. The molecule has 2 rings (SSSR count). The highest BCUT2D eigenvalue weighted by atomic mass is 16.5. The summed E-state index contributed by atoms with van der Waals surface area (Å²) in [7, 11) is 1.71. The molecule has 17 heavy (non-hydrogen) atoms. The Bertz CT molecular complexity index is 526. The summed E-state index contributed by atoms with van der Waals surface area (Å²) in [5.74, 6) is 0.906. The Labute approximate surface area is 102 Å². The summed E-state index contributed by atoms with van der Waals surface area (Å²) in [4.78, 5) is 0. The Hall–Kier alpha value is -1.48. The Morgan fingerprint density at radius 2 is 1.94 bits per heavy atom. The molecule has 0 bridgehead atoms. The molecule has 1 atom stereocenters. The molecule has 92 valence electrons. The third kappa shape index (κ3) is 1.91. The summed E-state index contributed by atoms with van der Waals surface area (Å²) in [6, 6.07) is 8.65. The Morgan fingerprint density at radius 1 is 1.24 bits per heavy atom. The average molecular weight is 232 g/mol. The molecule has 0 spiro atoms. The first-order valence-electron chi connectivity index (χ1n) is 5.99. The van der Waals surface area contributed by atoms with Gasteiger partial charge in [-0.1, -0.05) is 12.1 Å². The number of rotatable bonds is 3. The third-order valence-corrected chi connectivity index (χ3v) is 3.06. The fraction of sp³-hybridized carbons (Fsp3) is 0.429. The van der Waals surface area contributed by atoms with Gasteiger partial charge >= 0.3 is 0 Å². The molecular formula is C14H20N2O. The highest BCUT2D eigenvalue weighted by Crippen LogP contribution is 2.33. The van der Waals surface area contributed by atoms with Crippen molar-refractivity contribution < 1.29 is 4.74 Å². The smallest absolute Gasteiger partial charge is 0.143 e. The molecule has 2 aromatic rings. The number of para-hydroxylation sites is 1. The number of methoxy groups -OCH3 is 1. The van der Waals surface area contributed by atoms with Crippen molar-refractivity contribution in [2.75, 3.05) is 7.11 Å². The Balaban J connectivity index is 2.82. The summed E-state index contributed by atoms with van der Waals surface area (Å²) >= 11 is 0. The standard InChI is InChI=1S/C14H20N2O/c1-9(2)16-12(10(3)15)8-11-6-5-7-13(17-4)14(11)16/h5-10H,15H2,1-4H3. The summed E-state index contributed by atoms with van der Waals surface area (Å²) in [5, 5.41) is 1.19. The quantitative estimate of drug-likeness (QED) is 0.882. The number of ether oxygens (including phenoxy) is 1. The van der Waals surface area contributed by atoms with Crippen LogP contribution in [0.25, 0.3) is 10.9 Å². The van der Waals surface area contributed by atoms with Crippen molar-refractivity contribution in [3.63, 3.8) is 0 Å². The van der Waals surface area contributed by atoms with Gasteiger partial charge in [0.15, 0.2) is 0 Å². The molecule has 1 aromatic carbocycles. The number of hydrogen-bond donors (Lipinski definition) is 1. The summed E-state index contributed by atoms with van der Waals surface area (Å²) in [6.07, 6.45) is 0. The molecule has 1 unspecified atom stereocenters. The minimum Gasteiger partial charge on any atom is -0.495 e. The van der Waals surface area contributed by atoms with E-state index in [1.807, 2.05) is 19.1 Å². The van der Waals surface area contributed by atoms with Crippen LogP contribution in [0.2, 0.25) is 0 Å². The van der Waals surface area contributed by atoms with E-state index in [2.05, 4.69) is 30.5 Å². The maximum Gasteiger partial charge on any atom is 0.143 e. The lowest BCUT2D eigenvalue weighted by molar-refractivity contribution is 0.415. The van der Waals surface area contributed by atoms with E-state index in [0.29, 0.717) is 6.04 Å². The van der Waals surface area contributed by atoms with Crippen molar-refractivity contribution in [3.8, 4) is 5.75 Å². The molecule has 0 amide bonds. The first-order chi connectivity index (χ1) is 8.06. The van der Waals surface area contributed by atoms with E-state index < -0.39 is 0 Å². The lowest BCUT2D eigenvalue weighted by Crippen LogP contribution is -2.13. The fourth-order valence-corrected chi connectivity index (χ4v) is 2.34. The predicted octanol–water partition coefficient (Wildman–Crippen LogP) is 3.25. The van der Waals surface area contributed by atoms with Crippen molar-refractivity contribution in [2.24, 2.45) is 5.73 Å². The largest absolute Gasteiger partial charge is 0.495 e. The first kappa shape index (κ1) is 12.0. The number of fused-ring (bicyclic) bond motifs is 1. The molecule has 3 heteroatoms. The van der Waals surface area contributed by atoms with Crippen molar-refractivity contribution >= 4 is 10.9 Å². The zero-order chi connectivity index (χ0) is 12.6. The predicted molar refractivity (Wildman–Crippen MR) is 71.5 cm³/mol. The molecule has 0 aliphatic heterocycles. The van der Waals surface area contributed by atoms with Crippen LogP contribution in [0.3, 0.4) is 0 Å². The van der Waals surface area contributed by atoms with Crippen molar-refractivity contribution in [1.29, 1.82) is 0 Å². The molecule has 0 aliphatic carbocycles. The van der Waals surface area contributed by atoms with Gasteiger partial charge in [-0.25, -0.2) is 0 Å². The first-order valence-corrected chi connectivity index (χ1v) is 5.99. The van der Waals surface area contributed by atoms with Crippen LogP contribution in [0.4, 0.5) is 0 Å². The van der Waals surface area contributed by atoms with Crippen LogP contribution in [0.15, 0.2) is 24.3 Å². The molecule has 0 saturated carbocycles. The number of nitrogens with zero attached hydrogens (tertiary/aromatic N) is 1. The molecule has 2 N–H and O–H groups in total. The van der Waals surface area contributed by atoms with E-state index >= 15 is 0 Å². The van der Waals surface area contributed by atoms with Crippen LogP contribution in [-0.4, -0.2) is 11.7 Å². The maximum atomic E-state index is 6.05. The van der Waals surface area contributed by atoms with Gasteiger partial charge in [0.2, 0.25) is 0 Å². The third-order valence-electron chi connectivity index (χ3n) is 3.06. The van der Waals surface area contributed by atoms with Gasteiger partial charge in [0.1, 0.15) is 5.75 Å². The van der Waals surface area contributed by atoms with Gasteiger partial charge in [-0.2, -0.15) is 0 Å². The Kier molecular flexibility index (Phi) is 3.11. The van der Waals surface area contributed by atoms with Crippen molar-refractivity contribution in [3.05, 3.63) is 30.0 Å². The number of hydrogen-bond acceptors (Lipinski definition) is 2. The van der Waals surface area contributed by atoms with E-state index in [4.69, 9.17) is 10.5 Å². The number of nitrogens with two attached hydrogens (primary N) is 1. The normalized spacial score (nSPS) is 13.3. The van der Waals surface area contributed by atoms with Gasteiger partial charge in [-0.05, 0) is 32.9 Å². The summed E-state index contributed by atoms with van der Waals surface area (Å²) < 4.78 is 7.71. The van der Waals surface area contributed by atoms with Gasteiger partial charge < -0.3 is 15.0 Å². The minimum atomic E-state index is 0.0227. The highest BCUT2D eigenvalue weighted by molar-refractivity contribution is 5.87. The lowest BCUT2D eigenvalue weighted by atomic mass is 10.2. The lowest BCUT2D eigenvalue weighted by Gasteiger charge is -2.18. The second kappa shape index (κ2) is 4.41. The maximum absolute atomic E-state index is 6.05. The molecule has 0 fully saturated rings. The van der Waals surface area contributed by atoms with E-state index in [0.717, 1.165) is 17.0 Å². The van der Waals surface area contributed by atoms with Crippen LogP contribution in [0, 0.1) is 0 Å². The molecular weight excluding hydrogens is 212 g/mol. The van der Waals surface area contributed by atoms with Crippen LogP contribution in [0.1, 0.15) is 38.5 Å². The van der Waals surface area contributed by atoms with Gasteiger partial charge in [-0.3, -0.25) is 0 Å². The zero-order valence-corrected chi connectivity index (χ0v) is 10.9. The van der Waals surface area contributed by atoms with Crippen LogP contribution < -0.4 is 10.5 Å². The second-order valence-electron chi connectivity index (χ2n) is 4.72. The highest BCUT2D eigenvalue weighted by Gasteiger charge is 2.16. The van der Waals surface area contributed by atoms with Gasteiger partial charge in [0, 0.05) is 23.2 Å². The van der Waals surface area contributed by atoms with E-state index in [1.54, 1.807) is 7.11 Å². The van der Waals surface area contributed by atoms with Crippen LogP contribution in [0.5, 0.6) is 5.75 Å². The summed E-state index contributed by atoms with van der Waals surface area (Å²) in [6.45, 7) is 6.34. The molecule has 1 heterocycles. The number of aromatic nitrogens is 1. The number of benzene rings is 1. The van der Waals surface area contributed by atoms with Crippen LogP contribution >= 0.6 is 0 Å². The molecule has 0 saturated heterocycles. The molecule has 0 aliphatic rings. The van der Waals surface area contributed by atoms with Gasteiger partial charge in [0.25, 0.3) is 0 Å². The van der Waals surface area contributed by atoms with E-state index in [1.165, 1.54) is 5.39 Å².